The molecular formula is C4H10O3. The maximum Gasteiger partial charge on any atom is 0.266 e. The Labute approximate surface area is 42.9 Å². The van der Waals surface area contributed by atoms with Crippen LogP contribution in [0.5, 0.6) is 0 Å². The maximum absolute atomic E-state index is 7.42. The largest absolute Gasteiger partial charge is 0.482 e. The van der Waals surface area contributed by atoms with Crippen LogP contribution in [0.4, 0.5) is 0 Å². The summed E-state index contributed by atoms with van der Waals surface area (Å²) in [5.74, 6) is -0.833. The number of hydrogen-bond acceptors (Lipinski definition) is 3. The van der Waals surface area contributed by atoms with Crippen LogP contribution < -0.4 is 0 Å². The molecule has 3 heteroatoms. The standard InChI is InChI=1S/C2H4O2.C2H6O/c1-2(3)4;1-3-2/h3-4H,1H2;1-2H3. The van der Waals surface area contributed by atoms with Crippen molar-refractivity contribution in [3.63, 3.8) is 0 Å². The van der Waals surface area contributed by atoms with E-state index in [1.165, 1.54) is 0 Å². The number of aliphatic hydroxyl groups excluding tert-OH is 1. The highest BCUT2D eigenvalue weighted by Crippen LogP contribution is 1.58. The number of rotatable bonds is 0. The smallest absolute Gasteiger partial charge is 0.266 e. The van der Waals surface area contributed by atoms with Crippen LogP contribution in [0.3, 0.4) is 0 Å². The molecule has 0 spiro atoms. The van der Waals surface area contributed by atoms with Crippen molar-refractivity contribution in [2.24, 2.45) is 0 Å². The first-order chi connectivity index (χ1) is 3.15. The molecule has 0 radical (unpaired) electrons. The highest BCUT2D eigenvalue weighted by Gasteiger charge is 1.56. The monoisotopic (exact) mass is 106 g/mol. The average molecular weight is 106 g/mol. The lowest BCUT2D eigenvalue weighted by Crippen LogP contribution is -1.62. The van der Waals surface area contributed by atoms with Gasteiger partial charge in [0, 0.05) is 14.2 Å². The Morgan fingerprint density at radius 2 is 1.43 bits per heavy atom. The van der Waals surface area contributed by atoms with Crippen LogP contribution in [-0.2, 0) is 4.74 Å². The molecule has 0 amide bonds. The molecular weight excluding hydrogens is 96.0 g/mol. The van der Waals surface area contributed by atoms with Gasteiger partial charge < -0.3 is 14.9 Å². The van der Waals surface area contributed by atoms with Crippen LogP contribution in [0.2, 0.25) is 0 Å². The average Bonchev–Trinajstić information content (AvgIpc) is 1.33. The van der Waals surface area contributed by atoms with Crippen LogP contribution in [0, 0.1) is 0 Å². The van der Waals surface area contributed by atoms with Crippen LogP contribution in [0.25, 0.3) is 0 Å². The molecule has 0 heterocycles. The second-order valence-corrected chi connectivity index (χ2v) is 0.824. The molecule has 0 aliphatic carbocycles. The molecule has 0 rings (SSSR count). The highest BCUT2D eigenvalue weighted by molar-refractivity contribution is 4.54. The van der Waals surface area contributed by atoms with E-state index in [9.17, 15) is 0 Å². The zero-order valence-electron chi connectivity index (χ0n) is 4.51. The van der Waals surface area contributed by atoms with Crippen molar-refractivity contribution in [1.82, 2.24) is 0 Å². The Balaban J connectivity index is 0. The Morgan fingerprint density at radius 1 is 1.43 bits per heavy atom. The highest BCUT2D eigenvalue weighted by atomic mass is 16.5. The molecule has 0 aromatic carbocycles. The van der Waals surface area contributed by atoms with Crippen molar-refractivity contribution in [3.8, 4) is 0 Å². The minimum absolute atomic E-state index is 0.833. The van der Waals surface area contributed by atoms with Gasteiger partial charge in [-0.15, -0.1) is 0 Å². The van der Waals surface area contributed by atoms with Crippen molar-refractivity contribution in [1.29, 1.82) is 0 Å². The van der Waals surface area contributed by atoms with Gasteiger partial charge in [-0.1, -0.05) is 0 Å². The van der Waals surface area contributed by atoms with E-state index in [2.05, 4.69) is 11.3 Å². The van der Waals surface area contributed by atoms with E-state index >= 15 is 0 Å². The van der Waals surface area contributed by atoms with Crippen molar-refractivity contribution < 1.29 is 14.9 Å². The van der Waals surface area contributed by atoms with Gasteiger partial charge in [0.1, 0.15) is 0 Å². The molecule has 0 saturated heterocycles. The maximum atomic E-state index is 7.42. The number of ether oxygens (including phenoxy) is 1. The fourth-order valence-electron chi connectivity index (χ4n) is 0. The fourth-order valence-corrected chi connectivity index (χ4v) is 0. The van der Waals surface area contributed by atoms with E-state index in [4.69, 9.17) is 10.2 Å². The van der Waals surface area contributed by atoms with Gasteiger partial charge in [0.05, 0.1) is 0 Å². The van der Waals surface area contributed by atoms with Gasteiger partial charge in [-0.25, -0.2) is 0 Å². The van der Waals surface area contributed by atoms with Gasteiger partial charge in [-0.05, 0) is 6.58 Å². The lowest BCUT2D eigenvalue weighted by molar-refractivity contribution is 0.194. The second kappa shape index (κ2) is 9.00. The molecule has 44 valence electrons. The van der Waals surface area contributed by atoms with E-state index in [1.54, 1.807) is 14.2 Å². The van der Waals surface area contributed by atoms with Crippen molar-refractivity contribution >= 4 is 0 Å². The molecule has 0 aliphatic heterocycles. The summed E-state index contributed by atoms with van der Waals surface area (Å²) in [5.41, 5.74) is 0. The summed E-state index contributed by atoms with van der Waals surface area (Å²) < 4.78 is 4.25. The van der Waals surface area contributed by atoms with Crippen LogP contribution in [0.1, 0.15) is 0 Å². The summed E-state index contributed by atoms with van der Waals surface area (Å²) in [4.78, 5) is 0. The van der Waals surface area contributed by atoms with E-state index in [0.29, 0.717) is 0 Å². The zero-order chi connectivity index (χ0) is 6.28. The van der Waals surface area contributed by atoms with Gasteiger partial charge in [0.25, 0.3) is 5.95 Å². The summed E-state index contributed by atoms with van der Waals surface area (Å²) in [6.45, 7) is 2.67. The number of aliphatic hydroxyl groups is 2. The van der Waals surface area contributed by atoms with Gasteiger partial charge in [-0.2, -0.15) is 0 Å². The summed E-state index contributed by atoms with van der Waals surface area (Å²) in [7, 11) is 3.25. The third-order valence-corrected chi connectivity index (χ3v) is 0. The lowest BCUT2D eigenvalue weighted by atomic mass is 11.1. The fraction of sp³-hybridized carbons (Fsp3) is 0.500. The molecule has 0 bridgehead atoms. The van der Waals surface area contributed by atoms with E-state index < -0.39 is 5.95 Å². The van der Waals surface area contributed by atoms with Crippen molar-refractivity contribution in [2.45, 2.75) is 0 Å². The summed E-state index contributed by atoms with van der Waals surface area (Å²) >= 11 is 0. The molecule has 0 fully saturated rings. The Morgan fingerprint density at radius 3 is 1.43 bits per heavy atom. The van der Waals surface area contributed by atoms with E-state index in [-0.39, 0.29) is 0 Å². The molecule has 0 unspecified atom stereocenters. The Bertz CT molecular complexity index is 38.2. The van der Waals surface area contributed by atoms with Gasteiger partial charge >= 0.3 is 0 Å². The van der Waals surface area contributed by atoms with Crippen molar-refractivity contribution in [3.05, 3.63) is 12.5 Å². The van der Waals surface area contributed by atoms with Gasteiger partial charge in [0.2, 0.25) is 0 Å². The van der Waals surface area contributed by atoms with Crippen LogP contribution in [0.15, 0.2) is 12.5 Å². The lowest BCUT2D eigenvalue weighted by Gasteiger charge is -1.69. The Kier molecular flexibility index (Phi) is 12.3. The third-order valence-electron chi connectivity index (χ3n) is 0. The summed E-state index contributed by atoms with van der Waals surface area (Å²) in [5, 5.41) is 14.8. The van der Waals surface area contributed by atoms with Crippen LogP contribution >= 0.6 is 0 Å². The quantitative estimate of drug-likeness (QED) is 0.450. The molecule has 0 saturated carbocycles. The first kappa shape index (κ1) is 9.57. The number of hydrogen-bond donors (Lipinski definition) is 2. The number of methoxy groups -OCH3 is 1. The first-order valence-electron chi connectivity index (χ1n) is 1.62. The van der Waals surface area contributed by atoms with Crippen LogP contribution in [-0.4, -0.2) is 24.4 Å². The first-order valence-corrected chi connectivity index (χ1v) is 1.62. The molecule has 0 atom stereocenters. The second-order valence-electron chi connectivity index (χ2n) is 0.824. The minimum Gasteiger partial charge on any atom is -0.482 e. The molecule has 7 heavy (non-hydrogen) atoms. The third kappa shape index (κ3) is 118. The summed E-state index contributed by atoms with van der Waals surface area (Å²) in [6.07, 6.45) is 0. The molecule has 0 aromatic heterocycles. The van der Waals surface area contributed by atoms with Gasteiger partial charge in [0.15, 0.2) is 0 Å². The Hall–Kier alpha value is -0.700. The SMILES string of the molecule is C=C(O)O.COC. The molecule has 2 N–H and O–H groups in total. The molecule has 0 aliphatic rings. The minimum atomic E-state index is -0.833. The summed E-state index contributed by atoms with van der Waals surface area (Å²) in [6, 6.07) is 0. The zero-order valence-corrected chi connectivity index (χ0v) is 4.51. The van der Waals surface area contributed by atoms with E-state index in [0.717, 1.165) is 0 Å². The predicted molar refractivity (Wildman–Crippen MR) is 27.3 cm³/mol. The molecule has 0 aromatic rings. The predicted octanol–water partition coefficient (Wildman–Crippen LogP) is 0.836. The molecule has 3 nitrogen and oxygen atoms in total. The normalized spacial score (nSPS) is 6.00. The van der Waals surface area contributed by atoms with Crippen molar-refractivity contribution in [2.75, 3.05) is 14.2 Å². The van der Waals surface area contributed by atoms with Gasteiger partial charge in [-0.3, -0.25) is 0 Å². The van der Waals surface area contributed by atoms with E-state index in [1.807, 2.05) is 0 Å². The topological polar surface area (TPSA) is 49.7 Å².